The lowest BCUT2D eigenvalue weighted by Gasteiger charge is -2.07. The molecule has 2 aromatic carbocycles. The van der Waals surface area contributed by atoms with E-state index in [1.54, 1.807) is 10.9 Å². The van der Waals surface area contributed by atoms with Crippen LogP contribution in [0.15, 0.2) is 66.9 Å². The third kappa shape index (κ3) is 4.35. The average Bonchev–Trinajstić information content (AvgIpc) is 3.04. The lowest BCUT2D eigenvalue weighted by Crippen LogP contribution is -2.25. The summed E-state index contributed by atoms with van der Waals surface area (Å²) in [7, 11) is 0. The van der Waals surface area contributed by atoms with Crippen molar-refractivity contribution in [2.24, 2.45) is 0 Å². The van der Waals surface area contributed by atoms with Crippen LogP contribution in [0.2, 0.25) is 0 Å². The zero-order chi connectivity index (χ0) is 17.5. The molecule has 0 aliphatic rings. The van der Waals surface area contributed by atoms with Gasteiger partial charge in [-0.1, -0.05) is 48.5 Å². The topological polar surface area (TPSA) is 46.9 Å². The van der Waals surface area contributed by atoms with Gasteiger partial charge in [-0.25, -0.2) is 4.68 Å². The van der Waals surface area contributed by atoms with Gasteiger partial charge in [0.25, 0.3) is 5.91 Å². The minimum Gasteiger partial charge on any atom is -0.352 e. The molecule has 0 radical (unpaired) electrons. The molecule has 1 aromatic heterocycles. The summed E-state index contributed by atoms with van der Waals surface area (Å²) >= 11 is 0. The summed E-state index contributed by atoms with van der Waals surface area (Å²) in [4.78, 5) is 12.4. The van der Waals surface area contributed by atoms with Crippen LogP contribution in [-0.2, 0) is 6.42 Å². The fourth-order valence-electron chi connectivity index (χ4n) is 2.86. The number of unbranched alkanes of at least 4 members (excludes halogenated alkanes) is 1. The maximum Gasteiger partial charge on any atom is 0.254 e. The Morgan fingerprint density at radius 3 is 2.40 bits per heavy atom. The highest BCUT2D eigenvalue weighted by Crippen LogP contribution is 2.13. The second-order valence-corrected chi connectivity index (χ2v) is 6.09. The Kier molecular flexibility index (Phi) is 5.62. The number of aryl methyl sites for hydroxylation is 1. The Balaban J connectivity index is 1.50. The predicted molar refractivity (Wildman–Crippen MR) is 100 cm³/mol. The first-order valence-electron chi connectivity index (χ1n) is 8.68. The van der Waals surface area contributed by atoms with Crippen molar-refractivity contribution in [3.8, 4) is 5.69 Å². The quantitative estimate of drug-likeness (QED) is 0.666. The summed E-state index contributed by atoms with van der Waals surface area (Å²) in [6.45, 7) is 2.60. The van der Waals surface area contributed by atoms with Crippen LogP contribution in [0, 0.1) is 6.92 Å². The standard InChI is InChI=1S/C21H23N3O/c1-17-20(16-23-24(17)19-13-6-3-7-14-19)21(25)22-15-9-8-12-18-10-4-2-5-11-18/h2-7,10-11,13-14,16H,8-9,12,15H2,1H3,(H,22,25). The van der Waals surface area contributed by atoms with Gasteiger partial charge in [0.05, 0.1) is 23.1 Å². The molecule has 4 heteroatoms. The molecule has 0 bridgehead atoms. The Bertz CT molecular complexity index is 810. The van der Waals surface area contributed by atoms with Crippen molar-refractivity contribution in [3.05, 3.63) is 83.7 Å². The number of rotatable bonds is 7. The Labute approximate surface area is 148 Å². The minimum absolute atomic E-state index is 0.0561. The fraction of sp³-hybridized carbons (Fsp3) is 0.238. The highest BCUT2D eigenvalue weighted by molar-refractivity contribution is 5.95. The van der Waals surface area contributed by atoms with E-state index in [9.17, 15) is 4.79 Å². The van der Waals surface area contributed by atoms with E-state index in [0.717, 1.165) is 30.6 Å². The van der Waals surface area contributed by atoms with Crippen molar-refractivity contribution >= 4 is 5.91 Å². The number of aromatic nitrogens is 2. The number of nitrogens with one attached hydrogen (secondary N) is 1. The van der Waals surface area contributed by atoms with Gasteiger partial charge in [0.15, 0.2) is 0 Å². The van der Waals surface area contributed by atoms with Crippen LogP contribution >= 0.6 is 0 Å². The number of amides is 1. The van der Waals surface area contributed by atoms with Crippen LogP contribution in [0.1, 0.15) is 34.5 Å². The van der Waals surface area contributed by atoms with Crippen LogP contribution in [0.4, 0.5) is 0 Å². The normalized spacial score (nSPS) is 10.6. The Hall–Kier alpha value is -2.88. The van der Waals surface area contributed by atoms with Crippen molar-refractivity contribution in [2.45, 2.75) is 26.2 Å². The molecule has 0 saturated carbocycles. The molecular formula is C21H23N3O. The van der Waals surface area contributed by atoms with E-state index in [-0.39, 0.29) is 5.91 Å². The average molecular weight is 333 g/mol. The summed E-state index contributed by atoms with van der Waals surface area (Å²) < 4.78 is 1.80. The van der Waals surface area contributed by atoms with E-state index in [1.165, 1.54) is 5.56 Å². The first-order chi connectivity index (χ1) is 12.3. The second-order valence-electron chi connectivity index (χ2n) is 6.09. The van der Waals surface area contributed by atoms with E-state index in [1.807, 2.05) is 43.3 Å². The first kappa shape index (κ1) is 17.0. The van der Waals surface area contributed by atoms with E-state index < -0.39 is 0 Å². The summed E-state index contributed by atoms with van der Waals surface area (Å²) in [6, 6.07) is 20.3. The number of para-hydroxylation sites is 1. The lowest BCUT2D eigenvalue weighted by molar-refractivity contribution is 0.0952. The van der Waals surface area contributed by atoms with Crippen molar-refractivity contribution in [1.29, 1.82) is 0 Å². The number of benzene rings is 2. The minimum atomic E-state index is -0.0561. The molecule has 25 heavy (non-hydrogen) atoms. The van der Waals surface area contributed by atoms with Crippen LogP contribution in [-0.4, -0.2) is 22.2 Å². The van der Waals surface area contributed by atoms with Gasteiger partial charge in [-0.3, -0.25) is 4.79 Å². The summed E-state index contributed by atoms with van der Waals surface area (Å²) in [5, 5.41) is 7.35. The van der Waals surface area contributed by atoms with Gasteiger partial charge >= 0.3 is 0 Å². The third-order valence-electron chi connectivity index (χ3n) is 4.28. The van der Waals surface area contributed by atoms with Crippen LogP contribution in [0.3, 0.4) is 0 Å². The van der Waals surface area contributed by atoms with E-state index in [2.05, 4.69) is 34.7 Å². The van der Waals surface area contributed by atoms with Crippen LogP contribution in [0.5, 0.6) is 0 Å². The zero-order valence-corrected chi connectivity index (χ0v) is 14.5. The zero-order valence-electron chi connectivity index (χ0n) is 14.5. The summed E-state index contributed by atoms with van der Waals surface area (Å²) in [5.74, 6) is -0.0561. The van der Waals surface area contributed by atoms with Gasteiger partial charge in [-0.2, -0.15) is 5.10 Å². The molecule has 3 rings (SSSR count). The first-order valence-corrected chi connectivity index (χ1v) is 8.68. The van der Waals surface area contributed by atoms with Gasteiger partial charge in [-0.05, 0) is 43.9 Å². The predicted octanol–water partition coefficient (Wildman–Crippen LogP) is 3.93. The highest BCUT2D eigenvalue weighted by atomic mass is 16.1. The van der Waals surface area contributed by atoms with Gasteiger partial charge < -0.3 is 5.32 Å². The number of carbonyl (C=O) groups excluding carboxylic acids is 1. The third-order valence-corrected chi connectivity index (χ3v) is 4.28. The molecule has 1 amide bonds. The lowest BCUT2D eigenvalue weighted by atomic mass is 10.1. The smallest absolute Gasteiger partial charge is 0.254 e. The van der Waals surface area contributed by atoms with Crippen molar-refractivity contribution in [2.75, 3.05) is 6.54 Å². The van der Waals surface area contributed by atoms with Gasteiger partial charge in [-0.15, -0.1) is 0 Å². The molecule has 128 valence electrons. The molecule has 0 aliphatic carbocycles. The van der Waals surface area contributed by atoms with Gasteiger partial charge in [0.2, 0.25) is 0 Å². The molecular weight excluding hydrogens is 310 g/mol. The SMILES string of the molecule is Cc1c(C(=O)NCCCCc2ccccc2)cnn1-c1ccccc1. The number of carbonyl (C=O) groups is 1. The summed E-state index contributed by atoms with van der Waals surface area (Å²) in [6.07, 6.45) is 4.71. The number of nitrogens with zero attached hydrogens (tertiary/aromatic N) is 2. The molecule has 0 atom stereocenters. The maximum atomic E-state index is 12.4. The van der Waals surface area contributed by atoms with Crippen molar-refractivity contribution in [3.63, 3.8) is 0 Å². The van der Waals surface area contributed by atoms with Crippen LogP contribution in [0.25, 0.3) is 5.69 Å². The number of hydrogen-bond donors (Lipinski definition) is 1. The maximum absolute atomic E-state index is 12.4. The molecule has 1 N–H and O–H groups in total. The van der Waals surface area contributed by atoms with Gasteiger partial charge in [0, 0.05) is 6.54 Å². The second kappa shape index (κ2) is 8.29. The molecule has 0 spiro atoms. The van der Waals surface area contributed by atoms with Gasteiger partial charge in [0.1, 0.15) is 0 Å². The van der Waals surface area contributed by atoms with Crippen molar-refractivity contribution in [1.82, 2.24) is 15.1 Å². The van der Waals surface area contributed by atoms with Crippen LogP contribution < -0.4 is 5.32 Å². The fourth-order valence-corrected chi connectivity index (χ4v) is 2.86. The van der Waals surface area contributed by atoms with E-state index >= 15 is 0 Å². The molecule has 4 nitrogen and oxygen atoms in total. The Morgan fingerprint density at radius 2 is 1.68 bits per heavy atom. The summed E-state index contributed by atoms with van der Waals surface area (Å²) in [5.41, 5.74) is 3.79. The monoisotopic (exact) mass is 333 g/mol. The Morgan fingerprint density at radius 1 is 1.00 bits per heavy atom. The molecule has 0 aliphatic heterocycles. The molecule has 3 aromatic rings. The number of hydrogen-bond acceptors (Lipinski definition) is 2. The largest absolute Gasteiger partial charge is 0.352 e. The van der Waals surface area contributed by atoms with E-state index in [4.69, 9.17) is 0 Å². The van der Waals surface area contributed by atoms with E-state index in [0.29, 0.717) is 12.1 Å². The molecule has 1 heterocycles. The molecule has 0 unspecified atom stereocenters. The highest BCUT2D eigenvalue weighted by Gasteiger charge is 2.14. The molecule has 0 saturated heterocycles. The van der Waals surface area contributed by atoms with Crippen molar-refractivity contribution < 1.29 is 4.79 Å². The molecule has 0 fully saturated rings.